The van der Waals surface area contributed by atoms with Crippen LogP contribution in [0.3, 0.4) is 0 Å². The van der Waals surface area contributed by atoms with Crippen molar-refractivity contribution < 1.29 is 10.2 Å². The molecule has 6 rings (SSSR count). The van der Waals surface area contributed by atoms with E-state index < -0.39 is 0 Å². The van der Waals surface area contributed by atoms with Crippen molar-refractivity contribution in [3.63, 3.8) is 0 Å². The van der Waals surface area contributed by atoms with Crippen LogP contribution in [0.4, 0.5) is 0 Å². The van der Waals surface area contributed by atoms with E-state index >= 15 is 0 Å². The molecule has 0 radical (unpaired) electrons. The number of aryl methyl sites for hydroxylation is 2. The topological polar surface area (TPSA) is 40.5 Å². The first-order valence-corrected chi connectivity index (χ1v) is 15.4. The molecular formula is C38H42O2. The Labute approximate surface area is 239 Å². The van der Waals surface area contributed by atoms with Crippen molar-refractivity contribution in [3.05, 3.63) is 95.1 Å². The van der Waals surface area contributed by atoms with Crippen molar-refractivity contribution in [1.82, 2.24) is 0 Å². The number of benzene rings is 4. The molecule has 0 atom stereocenters. The van der Waals surface area contributed by atoms with Gasteiger partial charge in [0.15, 0.2) is 0 Å². The van der Waals surface area contributed by atoms with Gasteiger partial charge in [0.25, 0.3) is 0 Å². The molecule has 4 aromatic carbocycles. The van der Waals surface area contributed by atoms with Crippen LogP contribution in [0.1, 0.15) is 98.3 Å². The van der Waals surface area contributed by atoms with E-state index in [4.69, 9.17) is 0 Å². The predicted molar refractivity (Wildman–Crippen MR) is 167 cm³/mol. The van der Waals surface area contributed by atoms with Gasteiger partial charge in [0.2, 0.25) is 0 Å². The van der Waals surface area contributed by atoms with Gasteiger partial charge >= 0.3 is 0 Å². The van der Waals surface area contributed by atoms with Crippen LogP contribution in [0, 0.1) is 13.8 Å². The monoisotopic (exact) mass is 530 g/mol. The Hall–Kier alpha value is -3.52. The van der Waals surface area contributed by atoms with Gasteiger partial charge in [-0.1, -0.05) is 87.1 Å². The third-order valence-electron chi connectivity index (χ3n) is 9.56. The molecule has 2 nitrogen and oxygen atoms in total. The van der Waals surface area contributed by atoms with Gasteiger partial charge in [0.05, 0.1) is 0 Å². The quantitative estimate of drug-likeness (QED) is 0.269. The van der Waals surface area contributed by atoms with E-state index in [-0.39, 0.29) is 0 Å². The maximum Gasteiger partial charge on any atom is 0.119 e. The smallest absolute Gasteiger partial charge is 0.119 e. The van der Waals surface area contributed by atoms with Gasteiger partial charge in [-0.05, 0) is 131 Å². The number of phenolic OH excluding ortho intramolecular Hbond substituents is 2. The molecule has 206 valence electrons. The molecule has 2 aliphatic rings. The molecule has 0 aromatic heterocycles. The lowest BCUT2D eigenvalue weighted by atomic mass is 9.80. The molecule has 2 fully saturated rings. The highest BCUT2D eigenvalue weighted by Gasteiger charge is 2.23. The van der Waals surface area contributed by atoms with Crippen LogP contribution in [0.2, 0.25) is 0 Å². The summed E-state index contributed by atoms with van der Waals surface area (Å²) in [4.78, 5) is 0. The van der Waals surface area contributed by atoms with Crippen LogP contribution in [-0.2, 0) is 0 Å². The maximum absolute atomic E-state index is 11.0. The lowest BCUT2D eigenvalue weighted by molar-refractivity contribution is 0.414. The molecule has 0 saturated heterocycles. The number of rotatable bonds is 5. The summed E-state index contributed by atoms with van der Waals surface area (Å²) < 4.78 is 0. The molecule has 0 bridgehead atoms. The normalized spacial score (nSPS) is 16.8. The zero-order valence-electron chi connectivity index (χ0n) is 24.0. The van der Waals surface area contributed by atoms with Crippen molar-refractivity contribution in [2.24, 2.45) is 0 Å². The second-order valence-corrected chi connectivity index (χ2v) is 12.2. The summed E-state index contributed by atoms with van der Waals surface area (Å²) in [6.07, 6.45) is 12.2. The summed E-state index contributed by atoms with van der Waals surface area (Å²) in [5, 5.41) is 21.9. The molecule has 40 heavy (non-hydrogen) atoms. The largest absolute Gasteiger partial charge is 0.508 e. The van der Waals surface area contributed by atoms with Crippen molar-refractivity contribution in [2.75, 3.05) is 0 Å². The Bertz CT molecular complexity index is 1390. The Morgan fingerprint density at radius 1 is 0.450 bits per heavy atom. The minimum Gasteiger partial charge on any atom is -0.508 e. The van der Waals surface area contributed by atoms with Crippen LogP contribution in [0.5, 0.6) is 11.5 Å². The van der Waals surface area contributed by atoms with Gasteiger partial charge in [-0.15, -0.1) is 0 Å². The van der Waals surface area contributed by atoms with Crippen LogP contribution < -0.4 is 0 Å². The highest BCUT2D eigenvalue weighted by Crippen LogP contribution is 2.46. The summed E-state index contributed by atoms with van der Waals surface area (Å²) in [6, 6.07) is 25.9. The third kappa shape index (κ3) is 5.17. The molecule has 0 spiro atoms. The van der Waals surface area contributed by atoms with E-state index in [9.17, 15) is 10.2 Å². The standard InChI is InChI=1S/C38H42O2/c1-25-21-37(39)35(27-13-5-3-6-14-27)23-33(25)31-19-11-9-17-29(31)30-18-10-12-20-32(30)34-24-36(38(40)22-26(34)2)28-15-7-4-8-16-28/h9-12,17-24,27-28,39-40H,3-8,13-16H2,1-2H3. The van der Waals surface area contributed by atoms with Crippen molar-refractivity contribution in [1.29, 1.82) is 0 Å². The first-order valence-electron chi connectivity index (χ1n) is 15.4. The molecule has 2 aliphatic carbocycles. The highest BCUT2D eigenvalue weighted by atomic mass is 16.3. The highest BCUT2D eigenvalue weighted by molar-refractivity contribution is 5.93. The predicted octanol–water partition coefficient (Wildman–Crippen LogP) is 10.8. The van der Waals surface area contributed by atoms with Crippen LogP contribution in [-0.4, -0.2) is 10.2 Å². The van der Waals surface area contributed by atoms with E-state index in [0.29, 0.717) is 23.3 Å². The Kier molecular flexibility index (Phi) is 7.69. The van der Waals surface area contributed by atoms with Crippen molar-refractivity contribution in [3.8, 4) is 44.9 Å². The number of hydrogen-bond donors (Lipinski definition) is 2. The Morgan fingerprint density at radius 2 is 0.775 bits per heavy atom. The van der Waals surface area contributed by atoms with Gasteiger partial charge < -0.3 is 10.2 Å². The van der Waals surface area contributed by atoms with Gasteiger partial charge in [-0.3, -0.25) is 0 Å². The van der Waals surface area contributed by atoms with Crippen LogP contribution in [0.15, 0.2) is 72.8 Å². The zero-order valence-corrected chi connectivity index (χ0v) is 24.0. The van der Waals surface area contributed by atoms with E-state index in [2.05, 4.69) is 74.5 Å². The van der Waals surface area contributed by atoms with Crippen molar-refractivity contribution in [2.45, 2.75) is 89.9 Å². The number of hydrogen-bond acceptors (Lipinski definition) is 2. The van der Waals surface area contributed by atoms with Gasteiger partial charge in [0.1, 0.15) is 11.5 Å². The second-order valence-electron chi connectivity index (χ2n) is 12.2. The van der Waals surface area contributed by atoms with E-state index in [0.717, 1.165) is 47.9 Å². The molecular weight excluding hydrogens is 488 g/mol. The summed E-state index contributed by atoms with van der Waals surface area (Å²) in [5.74, 6) is 1.76. The first-order chi connectivity index (χ1) is 19.5. The SMILES string of the molecule is Cc1cc(O)c(C2CCCCC2)cc1-c1ccccc1-c1ccccc1-c1cc(C2CCCCC2)c(O)cc1C. The molecule has 0 unspecified atom stereocenters. The van der Waals surface area contributed by atoms with Gasteiger partial charge in [0, 0.05) is 0 Å². The minimum atomic E-state index is 0.436. The third-order valence-corrected chi connectivity index (χ3v) is 9.56. The van der Waals surface area contributed by atoms with Gasteiger partial charge in [-0.2, -0.15) is 0 Å². The molecule has 0 amide bonds. The minimum absolute atomic E-state index is 0.436. The molecule has 2 saturated carbocycles. The molecule has 2 N–H and O–H groups in total. The molecule has 2 heteroatoms. The summed E-state index contributed by atoms with van der Waals surface area (Å²) >= 11 is 0. The summed E-state index contributed by atoms with van der Waals surface area (Å²) in [6.45, 7) is 4.23. The average Bonchev–Trinajstić information content (AvgIpc) is 2.98. The Balaban J connectivity index is 1.48. The molecule has 4 aromatic rings. The number of phenols is 2. The summed E-state index contributed by atoms with van der Waals surface area (Å²) in [5.41, 5.74) is 11.6. The summed E-state index contributed by atoms with van der Waals surface area (Å²) in [7, 11) is 0. The van der Waals surface area contributed by atoms with Crippen LogP contribution >= 0.6 is 0 Å². The zero-order chi connectivity index (χ0) is 27.6. The molecule has 0 aliphatic heterocycles. The first kappa shape index (κ1) is 26.7. The number of aromatic hydroxyl groups is 2. The second kappa shape index (κ2) is 11.5. The van der Waals surface area contributed by atoms with E-state index in [1.165, 1.54) is 71.9 Å². The fourth-order valence-electron chi connectivity index (χ4n) is 7.39. The Morgan fingerprint density at radius 3 is 1.12 bits per heavy atom. The average molecular weight is 531 g/mol. The fourth-order valence-corrected chi connectivity index (χ4v) is 7.39. The lowest BCUT2D eigenvalue weighted by Gasteiger charge is -2.25. The van der Waals surface area contributed by atoms with E-state index in [1.807, 2.05) is 12.1 Å². The maximum atomic E-state index is 11.0. The molecule has 0 heterocycles. The lowest BCUT2D eigenvalue weighted by Crippen LogP contribution is -2.06. The van der Waals surface area contributed by atoms with Crippen LogP contribution in [0.25, 0.3) is 33.4 Å². The fraction of sp³-hybridized carbons (Fsp3) is 0.368. The van der Waals surface area contributed by atoms with Crippen molar-refractivity contribution >= 4 is 0 Å². The van der Waals surface area contributed by atoms with E-state index in [1.54, 1.807) is 0 Å². The van der Waals surface area contributed by atoms with Gasteiger partial charge in [-0.25, -0.2) is 0 Å².